The molecule has 1 aromatic heterocycles. The summed E-state index contributed by atoms with van der Waals surface area (Å²) in [7, 11) is 0. The molecule has 0 fully saturated rings. The Hall–Kier alpha value is -1.15. The fraction of sp³-hybridized carbons (Fsp3) is 0.833. The lowest BCUT2D eigenvalue weighted by Gasteiger charge is -2.06. The summed E-state index contributed by atoms with van der Waals surface area (Å²) < 4.78 is 42.4. The number of rotatable bonds is 9. The van der Waals surface area contributed by atoms with Crippen LogP contribution < -0.4 is 5.32 Å². The van der Waals surface area contributed by atoms with Gasteiger partial charge in [0.25, 0.3) is 0 Å². The summed E-state index contributed by atoms with van der Waals surface area (Å²) in [4.78, 5) is 0. The highest BCUT2D eigenvalue weighted by Crippen LogP contribution is 2.20. The van der Waals surface area contributed by atoms with Crippen molar-refractivity contribution in [2.75, 3.05) is 13.2 Å². The summed E-state index contributed by atoms with van der Waals surface area (Å²) in [6.45, 7) is 5.65. The minimum atomic E-state index is -4.10. The van der Waals surface area contributed by atoms with Gasteiger partial charge in [0.2, 0.25) is 0 Å². The molecule has 0 spiro atoms. The number of aromatic nitrogens is 3. The van der Waals surface area contributed by atoms with Crippen LogP contribution in [0.2, 0.25) is 0 Å². The lowest BCUT2D eigenvalue weighted by atomic mass is 10.3. The molecule has 5 nitrogen and oxygen atoms in total. The molecule has 1 aromatic rings. The molecule has 0 aromatic carbocycles. The third-order valence-electron chi connectivity index (χ3n) is 2.49. The molecule has 0 bridgehead atoms. The van der Waals surface area contributed by atoms with Gasteiger partial charge in [-0.05, 0) is 6.42 Å². The molecule has 1 heterocycles. The van der Waals surface area contributed by atoms with Gasteiger partial charge in [-0.1, -0.05) is 19.1 Å². The number of nitrogens with zero attached hydrogens (tertiary/aromatic N) is 3. The van der Waals surface area contributed by atoms with Crippen molar-refractivity contribution in [1.29, 1.82) is 0 Å². The van der Waals surface area contributed by atoms with Crippen molar-refractivity contribution < 1.29 is 17.9 Å². The topological polar surface area (TPSA) is 52.0 Å². The van der Waals surface area contributed by atoms with Gasteiger partial charge in [-0.25, -0.2) is 4.68 Å². The Labute approximate surface area is 116 Å². The summed E-state index contributed by atoms with van der Waals surface area (Å²) in [5, 5.41) is 11.1. The molecular weight excluding hydrogens is 273 g/mol. The van der Waals surface area contributed by atoms with E-state index < -0.39 is 12.6 Å². The zero-order chi connectivity index (χ0) is 15.0. The first-order valence-corrected chi connectivity index (χ1v) is 6.64. The molecule has 1 rings (SSSR count). The van der Waals surface area contributed by atoms with Gasteiger partial charge in [0, 0.05) is 31.8 Å². The molecule has 116 valence electrons. The Bertz CT molecular complexity index is 379. The normalized spacial score (nSPS) is 12.3. The first kappa shape index (κ1) is 16.9. The van der Waals surface area contributed by atoms with Crippen molar-refractivity contribution in [2.24, 2.45) is 0 Å². The number of ether oxygens (including phenoxy) is 1. The Morgan fingerprint density at radius 3 is 2.75 bits per heavy atom. The summed E-state index contributed by atoms with van der Waals surface area (Å²) in [5.74, 6) is 0. The van der Waals surface area contributed by atoms with E-state index in [-0.39, 0.29) is 13.0 Å². The maximum Gasteiger partial charge on any atom is 0.389 e. The Balaban J connectivity index is 2.10. The van der Waals surface area contributed by atoms with Crippen molar-refractivity contribution in [1.82, 2.24) is 20.3 Å². The molecule has 0 radical (unpaired) electrons. The molecule has 20 heavy (non-hydrogen) atoms. The van der Waals surface area contributed by atoms with Crippen LogP contribution in [0.1, 0.15) is 32.4 Å². The number of nitrogens with one attached hydrogen (secondary N) is 1. The summed E-state index contributed by atoms with van der Waals surface area (Å²) in [5.41, 5.74) is 0.829. The van der Waals surface area contributed by atoms with E-state index in [1.807, 2.05) is 13.8 Å². The second-order valence-corrected chi connectivity index (χ2v) is 4.84. The maximum atomic E-state index is 11.9. The molecule has 0 amide bonds. The summed E-state index contributed by atoms with van der Waals surface area (Å²) in [6, 6.07) is 0.372. The van der Waals surface area contributed by atoms with Crippen LogP contribution in [-0.2, 0) is 17.8 Å². The monoisotopic (exact) mass is 294 g/mol. The van der Waals surface area contributed by atoms with E-state index >= 15 is 0 Å². The van der Waals surface area contributed by atoms with Crippen molar-refractivity contribution >= 4 is 0 Å². The van der Waals surface area contributed by atoms with E-state index in [9.17, 15) is 13.2 Å². The van der Waals surface area contributed by atoms with Crippen LogP contribution in [0.15, 0.2) is 6.20 Å². The summed E-state index contributed by atoms with van der Waals surface area (Å²) in [6.07, 6.45) is -3.12. The standard InChI is InChI=1S/C12H21F3N4O/c1-10(2)16-8-11-9-19(18-17-11)5-7-20-6-3-4-12(13,14)15/h9-10,16H,3-8H2,1-2H3. The van der Waals surface area contributed by atoms with E-state index in [1.54, 1.807) is 10.9 Å². The van der Waals surface area contributed by atoms with Gasteiger partial charge in [0.1, 0.15) is 0 Å². The Morgan fingerprint density at radius 1 is 1.35 bits per heavy atom. The van der Waals surface area contributed by atoms with Crippen molar-refractivity contribution in [3.63, 3.8) is 0 Å². The molecule has 0 aliphatic carbocycles. The average molecular weight is 294 g/mol. The Kier molecular flexibility index (Phi) is 6.94. The lowest BCUT2D eigenvalue weighted by Crippen LogP contribution is -2.21. The van der Waals surface area contributed by atoms with E-state index in [4.69, 9.17) is 4.74 Å². The van der Waals surface area contributed by atoms with E-state index in [0.717, 1.165) is 5.69 Å². The van der Waals surface area contributed by atoms with Crippen LogP contribution in [0.25, 0.3) is 0 Å². The molecule has 1 N–H and O–H groups in total. The quantitative estimate of drug-likeness (QED) is 0.709. The first-order chi connectivity index (χ1) is 9.37. The fourth-order valence-electron chi connectivity index (χ4n) is 1.47. The highest BCUT2D eigenvalue weighted by atomic mass is 19.4. The van der Waals surface area contributed by atoms with Crippen LogP contribution in [0, 0.1) is 0 Å². The van der Waals surface area contributed by atoms with Crippen LogP contribution in [0.4, 0.5) is 13.2 Å². The molecular formula is C12H21F3N4O. The molecule has 0 saturated carbocycles. The minimum Gasteiger partial charge on any atom is -0.380 e. The Morgan fingerprint density at radius 2 is 2.10 bits per heavy atom. The van der Waals surface area contributed by atoms with E-state index in [2.05, 4.69) is 15.6 Å². The van der Waals surface area contributed by atoms with Gasteiger partial charge in [-0.2, -0.15) is 13.2 Å². The molecule has 0 unspecified atom stereocenters. The predicted molar refractivity (Wildman–Crippen MR) is 68.1 cm³/mol. The van der Waals surface area contributed by atoms with Gasteiger partial charge < -0.3 is 10.1 Å². The number of alkyl halides is 3. The molecule has 0 aliphatic rings. The average Bonchev–Trinajstić information content (AvgIpc) is 2.77. The van der Waals surface area contributed by atoms with Gasteiger partial charge in [-0.15, -0.1) is 5.10 Å². The zero-order valence-corrected chi connectivity index (χ0v) is 11.8. The second kappa shape index (κ2) is 8.21. The van der Waals surface area contributed by atoms with Crippen LogP contribution in [0.5, 0.6) is 0 Å². The van der Waals surface area contributed by atoms with Gasteiger partial charge in [0.05, 0.1) is 18.8 Å². The number of hydrogen-bond donors (Lipinski definition) is 1. The third-order valence-corrected chi connectivity index (χ3v) is 2.49. The van der Waals surface area contributed by atoms with Crippen LogP contribution in [0.3, 0.4) is 0 Å². The molecule has 0 saturated heterocycles. The summed E-state index contributed by atoms with van der Waals surface area (Å²) >= 11 is 0. The maximum absolute atomic E-state index is 11.9. The minimum absolute atomic E-state index is 0.00951. The van der Waals surface area contributed by atoms with E-state index in [0.29, 0.717) is 25.7 Å². The van der Waals surface area contributed by atoms with Crippen molar-refractivity contribution in [3.05, 3.63) is 11.9 Å². The largest absolute Gasteiger partial charge is 0.389 e. The van der Waals surface area contributed by atoms with Crippen LogP contribution >= 0.6 is 0 Å². The molecule has 8 heteroatoms. The van der Waals surface area contributed by atoms with Gasteiger partial charge in [0.15, 0.2) is 0 Å². The number of hydrogen-bond acceptors (Lipinski definition) is 4. The molecule has 0 atom stereocenters. The van der Waals surface area contributed by atoms with E-state index in [1.165, 1.54) is 0 Å². The SMILES string of the molecule is CC(C)NCc1cn(CCOCCCC(F)(F)F)nn1. The smallest absolute Gasteiger partial charge is 0.380 e. The fourth-order valence-corrected chi connectivity index (χ4v) is 1.47. The van der Waals surface area contributed by atoms with Crippen molar-refractivity contribution in [3.8, 4) is 0 Å². The highest BCUT2D eigenvalue weighted by molar-refractivity contribution is 4.91. The molecule has 0 aliphatic heterocycles. The first-order valence-electron chi connectivity index (χ1n) is 6.64. The predicted octanol–water partition coefficient (Wildman–Crippen LogP) is 2.14. The third kappa shape index (κ3) is 8.11. The highest BCUT2D eigenvalue weighted by Gasteiger charge is 2.25. The lowest BCUT2D eigenvalue weighted by molar-refractivity contribution is -0.137. The van der Waals surface area contributed by atoms with Gasteiger partial charge >= 0.3 is 6.18 Å². The van der Waals surface area contributed by atoms with Crippen LogP contribution in [-0.4, -0.2) is 40.4 Å². The number of halogens is 3. The van der Waals surface area contributed by atoms with Gasteiger partial charge in [-0.3, -0.25) is 0 Å². The second-order valence-electron chi connectivity index (χ2n) is 4.84. The zero-order valence-electron chi connectivity index (χ0n) is 11.8. The van der Waals surface area contributed by atoms with Crippen molar-refractivity contribution in [2.45, 2.75) is 52.0 Å².